The Morgan fingerprint density at radius 3 is 2.22 bits per heavy atom. The molecule has 0 saturated carbocycles. The highest BCUT2D eigenvalue weighted by molar-refractivity contribution is 5.85. The lowest BCUT2D eigenvalue weighted by Crippen LogP contribution is -2.49. The summed E-state index contributed by atoms with van der Waals surface area (Å²) in [6, 6.07) is 4.25. The maximum absolute atomic E-state index is 13.1. The van der Waals surface area contributed by atoms with Crippen LogP contribution in [-0.2, 0) is 4.79 Å². The number of nitrogens with two attached hydrogens (primary N) is 1. The number of benzene rings is 1. The van der Waals surface area contributed by atoms with Gasteiger partial charge in [-0.25, -0.2) is 4.39 Å². The van der Waals surface area contributed by atoms with Gasteiger partial charge in [-0.15, -0.1) is 12.4 Å². The summed E-state index contributed by atoms with van der Waals surface area (Å²) in [7, 11) is 0. The SMILES string of the molecule is CC(C)C[C@H](N)C(=O)N[C@@H](C(C)C)[C@@H](O)c1c(-c2ccc(F)cc2)c1=O.Cl. The number of carbonyl (C=O) groups excluding carboxylic acids is 1. The molecule has 150 valence electrons. The number of hydrogen-bond donors (Lipinski definition) is 3. The molecule has 4 N–H and O–H groups in total. The van der Waals surface area contributed by atoms with Gasteiger partial charge in [0.1, 0.15) is 11.9 Å². The van der Waals surface area contributed by atoms with E-state index in [0.29, 0.717) is 17.5 Å². The van der Waals surface area contributed by atoms with E-state index < -0.39 is 24.0 Å². The van der Waals surface area contributed by atoms with Crippen LogP contribution in [0.25, 0.3) is 11.1 Å². The lowest BCUT2D eigenvalue weighted by atomic mass is 9.95. The van der Waals surface area contributed by atoms with Gasteiger partial charge in [0.2, 0.25) is 5.91 Å². The van der Waals surface area contributed by atoms with Crippen molar-refractivity contribution in [2.75, 3.05) is 0 Å². The van der Waals surface area contributed by atoms with Crippen molar-refractivity contribution in [3.05, 3.63) is 45.9 Å². The zero-order valence-corrected chi connectivity index (χ0v) is 16.8. The molecule has 5 nitrogen and oxygen atoms in total. The quantitative estimate of drug-likeness (QED) is 0.637. The van der Waals surface area contributed by atoms with Crippen molar-refractivity contribution in [1.82, 2.24) is 5.32 Å². The van der Waals surface area contributed by atoms with Crippen molar-refractivity contribution in [3.8, 4) is 11.1 Å². The summed E-state index contributed by atoms with van der Waals surface area (Å²) in [5, 5.41) is 13.5. The number of amides is 1. The average Bonchev–Trinajstić information content (AvgIpc) is 3.22. The lowest BCUT2D eigenvalue weighted by molar-refractivity contribution is -0.124. The summed E-state index contributed by atoms with van der Waals surface area (Å²) in [6.45, 7) is 7.66. The predicted octanol–water partition coefficient (Wildman–Crippen LogP) is 2.70. The molecule has 27 heavy (non-hydrogen) atoms. The van der Waals surface area contributed by atoms with Gasteiger partial charge in [-0.1, -0.05) is 39.8 Å². The molecule has 0 heterocycles. The molecule has 1 amide bonds. The molecular formula is C20H28ClFN2O3. The first kappa shape index (κ1) is 23.3. The smallest absolute Gasteiger partial charge is 0.237 e. The maximum Gasteiger partial charge on any atom is 0.237 e. The molecule has 0 saturated heterocycles. The molecule has 7 heteroatoms. The molecule has 2 aromatic carbocycles. The number of carbonyl (C=O) groups is 1. The first-order valence-electron chi connectivity index (χ1n) is 8.92. The van der Waals surface area contributed by atoms with Gasteiger partial charge in [0.05, 0.1) is 12.1 Å². The second kappa shape index (κ2) is 9.44. The fraction of sp³-hybridized carbons (Fsp3) is 0.500. The molecule has 0 aliphatic rings. The minimum absolute atomic E-state index is 0. The second-order valence-corrected chi connectivity index (χ2v) is 7.58. The van der Waals surface area contributed by atoms with Gasteiger partial charge in [-0.3, -0.25) is 9.59 Å². The van der Waals surface area contributed by atoms with Crippen molar-refractivity contribution in [2.45, 2.75) is 52.3 Å². The third-order valence-corrected chi connectivity index (χ3v) is 4.54. The summed E-state index contributed by atoms with van der Waals surface area (Å²) in [5.74, 6) is -0.559. The van der Waals surface area contributed by atoms with Crippen LogP contribution >= 0.6 is 12.4 Å². The zero-order valence-electron chi connectivity index (χ0n) is 16.0. The largest absolute Gasteiger partial charge is 0.386 e. The lowest BCUT2D eigenvalue weighted by Gasteiger charge is -2.27. The van der Waals surface area contributed by atoms with Crippen molar-refractivity contribution in [3.63, 3.8) is 0 Å². The van der Waals surface area contributed by atoms with Crippen molar-refractivity contribution < 1.29 is 14.3 Å². The molecule has 0 aliphatic carbocycles. The van der Waals surface area contributed by atoms with Crippen molar-refractivity contribution >= 4 is 18.3 Å². The molecule has 0 unspecified atom stereocenters. The standard InChI is InChI=1S/C20H27FN2O3.ClH/c1-10(2)9-14(22)20(26)23-17(11(3)4)19(25)16-15(18(16)24)12-5-7-13(21)8-6-12;/h5-8,10-11,14,17,19,25H,9,22H2,1-4H3,(H,23,26);1H/t14-,17-,19-;/m0./s1. The molecule has 3 atom stereocenters. The van der Waals surface area contributed by atoms with Crippen LogP contribution in [0.2, 0.25) is 0 Å². The van der Waals surface area contributed by atoms with E-state index in [-0.39, 0.29) is 41.1 Å². The van der Waals surface area contributed by atoms with Crippen LogP contribution in [0.4, 0.5) is 4.39 Å². The van der Waals surface area contributed by atoms with Gasteiger partial charge < -0.3 is 16.2 Å². The number of halogens is 2. The topological polar surface area (TPSA) is 92.4 Å². The van der Waals surface area contributed by atoms with Crippen LogP contribution in [0, 0.1) is 17.7 Å². The third-order valence-electron chi connectivity index (χ3n) is 4.54. The van der Waals surface area contributed by atoms with Crippen molar-refractivity contribution in [1.29, 1.82) is 0 Å². The molecular weight excluding hydrogens is 371 g/mol. The molecule has 0 aromatic heterocycles. The monoisotopic (exact) mass is 398 g/mol. The molecule has 0 fully saturated rings. The minimum atomic E-state index is -1.13. The normalized spacial score (nSPS) is 14.9. The highest BCUT2D eigenvalue weighted by atomic mass is 35.5. The summed E-state index contributed by atoms with van der Waals surface area (Å²) >= 11 is 0. The summed E-state index contributed by atoms with van der Waals surface area (Å²) in [4.78, 5) is 24.5. The van der Waals surface area contributed by atoms with Crippen LogP contribution in [0.1, 0.15) is 45.8 Å². The molecule has 0 spiro atoms. The zero-order chi connectivity index (χ0) is 19.6. The van der Waals surface area contributed by atoms with Crippen LogP contribution < -0.4 is 16.5 Å². The fourth-order valence-corrected chi connectivity index (χ4v) is 3.05. The van der Waals surface area contributed by atoms with Crippen LogP contribution in [0.5, 0.6) is 0 Å². The predicted molar refractivity (Wildman–Crippen MR) is 107 cm³/mol. The van der Waals surface area contributed by atoms with Gasteiger partial charge in [0.15, 0.2) is 5.43 Å². The van der Waals surface area contributed by atoms with E-state index in [4.69, 9.17) is 5.73 Å². The second-order valence-electron chi connectivity index (χ2n) is 7.58. The highest BCUT2D eigenvalue weighted by Gasteiger charge is 2.37. The van der Waals surface area contributed by atoms with E-state index in [1.807, 2.05) is 27.7 Å². The number of aliphatic hydroxyl groups excluding tert-OH is 1. The minimum Gasteiger partial charge on any atom is -0.386 e. The molecule has 2 rings (SSSR count). The maximum atomic E-state index is 13.1. The Balaban J connectivity index is 0.00000364. The van der Waals surface area contributed by atoms with E-state index in [0.717, 1.165) is 0 Å². The number of rotatable bonds is 8. The van der Waals surface area contributed by atoms with E-state index in [1.54, 1.807) is 0 Å². The number of hydrogen-bond acceptors (Lipinski definition) is 4. The van der Waals surface area contributed by atoms with E-state index >= 15 is 0 Å². The van der Waals surface area contributed by atoms with Gasteiger partial charge in [0.25, 0.3) is 0 Å². The van der Waals surface area contributed by atoms with Crippen LogP contribution in [0.15, 0.2) is 29.1 Å². The van der Waals surface area contributed by atoms with Gasteiger partial charge in [-0.05, 0) is 36.0 Å². The molecule has 2 aromatic rings. The van der Waals surface area contributed by atoms with Crippen LogP contribution in [-0.4, -0.2) is 23.1 Å². The highest BCUT2D eigenvalue weighted by Crippen LogP contribution is 2.33. The first-order chi connectivity index (χ1) is 12.1. The Labute approximate surface area is 165 Å². The summed E-state index contributed by atoms with van der Waals surface area (Å²) < 4.78 is 13.1. The first-order valence-corrected chi connectivity index (χ1v) is 8.92. The average molecular weight is 399 g/mol. The number of aliphatic hydroxyl groups is 1. The fourth-order valence-electron chi connectivity index (χ4n) is 3.05. The van der Waals surface area contributed by atoms with Gasteiger partial charge in [0, 0.05) is 11.1 Å². The Bertz CT molecular complexity index is 767. The van der Waals surface area contributed by atoms with E-state index in [9.17, 15) is 19.1 Å². The van der Waals surface area contributed by atoms with E-state index in [2.05, 4.69) is 5.32 Å². The molecule has 0 bridgehead atoms. The Kier molecular flexibility index (Phi) is 8.14. The molecule has 0 aliphatic heterocycles. The summed E-state index contributed by atoms with van der Waals surface area (Å²) in [5.41, 5.74) is 6.89. The molecule has 0 radical (unpaired) electrons. The Morgan fingerprint density at radius 1 is 1.19 bits per heavy atom. The third kappa shape index (κ3) is 5.61. The van der Waals surface area contributed by atoms with Gasteiger partial charge in [-0.2, -0.15) is 0 Å². The Hall–Kier alpha value is -1.76. The van der Waals surface area contributed by atoms with Crippen molar-refractivity contribution in [2.24, 2.45) is 17.6 Å². The van der Waals surface area contributed by atoms with E-state index in [1.165, 1.54) is 24.3 Å². The summed E-state index contributed by atoms with van der Waals surface area (Å²) in [6.07, 6.45) is -0.590. The van der Waals surface area contributed by atoms with Crippen LogP contribution in [0.3, 0.4) is 0 Å². The number of nitrogens with one attached hydrogen (secondary N) is 1. The van der Waals surface area contributed by atoms with Gasteiger partial charge >= 0.3 is 0 Å². The Morgan fingerprint density at radius 2 is 1.74 bits per heavy atom.